The van der Waals surface area contributed by atoms with Gasteiger partial charge in [-0.05, 0) is 4.98 Å². The molecule has 0 unspecified atom stereocenters. The van der Waals surface area contributed by atoms with Crippen molar-refractivity contribution in [1.29, 1.82) is 0 Å². The largest absolute Gasteiger partial charge is 0.708 e. The van der Waals surface area contributed by atoms with Crippen molar-refractivity contribution in [3.63, 3.8) is 0 Å². The average molecular weight is 284 g/mol. The summed E-state index contributed by atoms with van der Waals surface area (Å²) in [6.45, 7) is -0.458. The zero-order chi connectivity index (χ0) is 14.4. The van der Waals surface area contributed by atoms with Gasteiger partial charge in [-0.3, -0.25) is 4.57 Å². The van der Waals surface area contributed by atoms with Crippen molar-refractivity contribution in [3.05, 3.63) is 17.9 Å². The van der Waals surface area contributed by atoms with Crippen molar-refractivity contribution in [2.75, 3.05) is 6.61 Å². The molecule has 3 heterocycles. The lowest BCUT2D eigenvalue weighted by molar-refractivity contribution is -0.615. The minimum atomic E-state index is -1.30. The third-order valence-electron chi connectivity index (χ3n) is 3.26. The molecule has 2 aromatic rings. The summed E-state index contributed by atoms with van der Waals surface area (Å²) in [7, 11) is 0. The highest BCUT2D eigenvalue weighted by Crippen LogP contribution is 2.31. The third-order valence-corrected chi connectivity index (χ3v) is 3.26. The smallest absolute Gasteiger partial charge is 0.317 e. The van der Waals surface area contributed by atoms with E-state index in [1.165, 1.54) is 10.9 Å². The number of fused-ring (bicyclic) bond motifs is 1. The van der Waals surface area contributed by atoms with Crippen LogP contribution in [0.1, 0.15) is 6.23 Å². The lowest BCUT2D eigenvalue weighted by Crippen LogP contribution is -2.33. The summed E-state index contributed by atoms with van der Waals surface area (Å²) in [5, 5.41) is 49.4. The predicted octanol–water partition coefficient (Wildman–Crippen LogP) is -2.62. The van der Waals surface area contributed by atoms with Gasteiger partial charge in [-0.2, -0.15) is 0 Å². The molecular formula is C10H12N4O6. The summed E-state index contributed by atoms with van der Waals surface area (Å²) >= 11 is 0. The van der Waals surface area contributed by atoms with Gasteiger partial charge in [-0.25, -0.2) is 9.71 Å². The normalized spacial score (nSPS) is 30.1. The number of rotatable bonds is 2. The van der Waals surface area contributed by atoms with Crippen LogP contribution in [0.4, 0.5) is 0 Å². The number of hydrogen-bond acceptors (Lipinski definition) is 8. The van der Waals surface area contributed by atoms with Gasteiger partial charge in [0.2, 0.25) is 5.52 Å². The van der Waals surface area contributed by atoms with Crippen LogP contribution in [-0.2, 0) is 4.74 Å². The molecule has 4 atom stereocenters. The quantitative estimate of drug-likeness (QED) is 0.346. The second-order valence-electron chi connectivity index (χ2n) is 4.45. The lowest BCUT2D eigenvalue weighted by Gasteiger charge is -2.15. The molecule has 1 fully saturated rings. The Balaban J connectivity index is 2.05. The van der Waals surface area contributed by atoms with Crippen LogP contribution < -0.4 is 4.73 Å². The molecule has 20 heavy (non-hydrogen) atoms. The minimum absolute atomic E-state index is 0.0553. The van der Waals surface area contributed by atoms with E-state index in [1.54, 1.807) is 0 Å². The van der Waals surface area contributed by atoms with E-state index in [9.17, 15) is 20.5 Å². The maximum atomic E-state index is 11.2. The Morgan fingerprint density at radius 3 is 2.75 bits per heavy atom. The SMILES string of the molecule is [O-][n+]1cnc2c(ncn2[C@@H]2O[C@H](CO)[C@@H](O)[C@H]2O)c1O. The first-order chi connectivity index (χ1) is 9.54. The molecule has 3 rings (SSSR count). The molecule has 0 aromatic carbocycles. The van der Waals surface area contributed by atoms with Crippen molar-refractivity contribution in [1.82, 2.24) is 14.5 Å². The summed E-state index contributed by atoms with van der Waals surface area (Å²) in [5.41, 5.74) is 0.0599. The number of aliphatic hydroxyl groups excluding tert-OH is 3. The van der Waals surface area contributed by atoms with E-state index in [-0.39, 0.29) is 15.9 Å². The standard InChI is InChI=1S/C10H12N4O6/c15-1-4-6(16)7(17)10(20-4)13-2-11-5-8(13)12-3-14(19)9(5)18/h2-4,6-7,10,15-18H,1H2/t4-,6-,7-,10-/m1/s1. The molecular weight excluding hydrogens is 272 g/mol. The Bertz CT molecular complexity index is 646. The van der Waals surface area contributed by atoms with Gasteiger partial charge in [0, 0.05) is 0 Å². The summed E-state index contributed by atoms with van der Waals surface area (Å²) in [6.07, 6.45) is -2.46. The zero-order valence-electron chi connectivity index (χ0n) is 10.1. The molecule has 1 saturated heterocycles. The Morgan fingerprint density at radius 1 is 1.35 bits per heavy atom. The highest BCUT2D eigenvalue weighted by molar-refractivity contribution is 5.74. The Hall–Kier alpha value is -2.01. The van der Waals surface area contributed by atoms with Gasteiger partial charge in [0.25, 0.3) is 12.0 Å². The van der Waals surface area contributed by atoms with Crippen LogP contribution in [0, 0.1) is 5.21 Å². The highest BCUT2D eigenvalue weighted by atomic mass is 16.6. The van der Waals surface area contributed by atoms with Crippen molar-refractivity contribution in [2.45, 2.75) is 24.5 Å². The molecule has 1 aliphatic rings. The van der Waals surface area contributed by atoms with Gasteiger partial charge in [-0.15, -0.1) is 0 Å². The van der Waals surface area contributed by atoms with Crippen LogP contribution in [0.15, 0.2) is 12.7 Å². The Kier molecular flexibility index (Phi) is 2.94. The van der Waals surface area contributed by atoms with Crippen molar-refractivity contribution in [2.24, 2.45) is 0 Å². The highest BCUT2D eigenvalue weighted by Gasteiger charge is 2.44. The van der Waals surface area contributed by atoms with Crippen LogP contribution in [0.3, 0.4) is 0 Å². The predicted molar refractivity (Wildman–Crippen MR) is 61.2 cm³/mol. The van der Waals surface area contributed by atoms with Crippen LogP contribution in [0.2, 0.25) is 0 Å². The molecule has 2 aromatic heterocycles. The summed E-state index contributed by atoms with van der Waals surface area (Å²) in [6, 6.07) is 0. The number of aliphatic hydroxyl groups is 3. The van der Waals surface area contributed by atoms with Crippen molar-refractivity contribution < 1.29 is 29.9 Å². The van der Waals surface area contributed by atoms with Crippen LogP contribution >= 0.6 is 0 Å². The van der Waals surface area contributed by atoms with Crippen LogP contribution in [0.5, 0.6) is 5.88 Å². The first-order valence-electron chi connectivity index (χ1n) is 5.80. The fraction of sp³-hybridized carbons (Fsp3) is 0.500. The van der Waals surface area contributed by atoms with E-state index < -0.39 is 37.0 Å². The number of aromatic nitrogens is 4. The van der Waals surface area contributed by atoms with Crippen molar-refractivity contribution in [3.8, 4) is 5.88 Å². The molecule has 0 aliphatic carbocycles. The number of ether oxygens (including phenoxy) is 1. The number of aromatic hydroxyl groups is 1. The molecule has 1 aliphatic heterocycles. The molecule has 0 amide bonds. The van der Waals surface area contributed by atoms with Crippen molar-refractivity contribution >= 4 is 11.2 Å². The number of hydrogen-bond donors (Lipinski definition) is 4. The molecule has 4 N–H and O–H groups in total. The summed E-state index contributed by atoms with van der Waals surface area (Å²) in [5.74, 6) is -0.625. The number of imidazole rings is 1. The molecule has 0 radical (unpaired) electrons. The molecule has 0 spiro atoms. The van der Waals surface area contributed by atoms with Gasteiger partial charge >= 0.3 is 5.88 Å². The molecule has 0 saturated carbocycles. The third kappa shape index (κ3) is 1.70. The lowest BCUT2D eigenvalue weighted by atomic mass is 10.1. The monoisotopic (exact) mass is 284 g/mol. The van der Waals surface area contributed by atoms with Crippen LogP contribution in [0.25, 0.3) is 11.2 Å². The van der Waals surface area contributed by atoms with E-state index in [1.807, 2.05) is 0 Å². The topological polar surface area (TPSA) is 148 Å². The average Bonchev–Trinajstić information content (AvgIpc) is 2.98. The number of nitrogens with zero attached hydrogens (tertiary/aromatic N) is 4. The van der Waals surface area contributed by atoms with Crippen LogP contribution in [-0.4, -0.2) is 59.9 Å². The second-order valence-corrected chi connectivity index (χ2v) is 4.45. The summed E-state index contributed by atoms with van der Waals surface area (Å²) < 4.78 is 6.75. The van der Waals surface area contributed by atoms with E-state index in [2.05, 4.69) is 9.97 Å². The Morgan fingerprint density at radius 2 is 2.10 bits per heavy atom. The van der Waals surface area contributed by atoms with E-state index in [0.29, 0.717) is 0 Å². The maximum absolute atomic E-state index is 11.2. The summed E-state index contributed by atoms with van der Waals surface area (Å²) in [4.78, 5) is 7.64. The zero-order valence-corrected chi connectivity index (χ0v) is 10.1. The maximum Gasteiger partial charge on any atom is 0.317 e. The molecule has 10 nitrogen and oxygen atoms in total. The van der Waals surface area contributed by atoms with E-state index >= 15 is 0 Å². The van der Waals surface area contributed by atoms with E-state index in [4.69, 9.17) is 9.84 Å². The minimum Gasteiger partial charge on any atom is -0.708 e. The van der Waals surface area contributed by atoms with Gasteiger partial charge in [-0.1, -0.05) is 0 Å². The first kappa shape index (κ1) is 13.0. The molecule has 10 heteroatoms. The second kappa shape index (κ2) is 4.52. The fourth-order valence-electron chi connectivity index (χ4n) is 2.20. The van der Waals surface area contributed by atoms with Gasteiger partial charge < -0.3 is 30.4 Å². The van der Waals surface area contributed by atoms with E-state index in [0.717, 1.165) is 6.33 Å². The molecule has 0 bridgehead atoms. The fourth-order valence-corrected chi connectivity index (χ4v) is 2.20. The molecule has 108 valence electrons. The Labute approximate surface area is 111 Å². The first-order valence-corrected chi connectivity index (χ1v) is 5.80. The van der Waals surface area contributed by atoms with Gasteiger partial charge in [0.15, 0.2) is 6.23 Å². The van der Waals surface area contributed by atoms with Gasteiger partial charge in [0.05, 0.1) is 6.61 Å². The van der Waals surface area contributed by atoms with Gasteiger partial charge in [0.1, 0.15) is 24.6 Å².